The first-order valence-corrected chi connectivity index (χ1v) is 9.64. The predicted molar refractivity (Wildman–Crippen MR) is 108 cm³/mol. The van der Waals surface area contributed by atoms with Crippen molar-refractivity contribution in [1.82, 2.24) is 25.5 Å². The molecule has 2 rings (SSSR count). The molecule has 1 aromatic heterocycles. The van der Waals surface area contributed by atoms with Crippen LogP contribution in [0, 0.1) is 5.92 Å². The lowest BCUT2D eigenvalue weighted by Crippen LogP contribution is -2.29. The second-order valence-corrected chi connectivity index (χ2v) is 7.59. The van der Waals surface area contributed by atoms with Crippen LogP contribution in [0.25, 0.3) is 0 Å². The van der Waals surface area contributed by atoms with Crippen LogP contribution in [0.2, 0.25) is 0 Å². The first-order chi connectivity index (χ1) is 12.9. The average molecular weight is 373 g/mol. The lowest BCUT2D eigenvalue weighted by atomic mass is 9.81. The predicted octanol–water partition coefficient (Wildman–Crippen LogP) is 2.89. The van der Waals surface area contributed by atoms with Crippen LogP contribution in [0.3, 0.4) is 0 Å². The van der Waals surface area contributed by atoms with Crippen molar-refractivity contribution in [3.8, 4) is 0 Å². The van der Waals surface area contributed by atoms with Crippen molar-refractivity contribution >= 4 is 11.5 Å². The minimum Gasteiger partial charge on any atom is -0.381 e. The van der Waals surface area contributed by atoms with Crippen LogP contribution >= 0.6 is 0 Å². The van der Waals surface area contributed by atoms with Gasteiger partial charge in [0.2, 0.25) is 0 Å². The van der Waals surface area contributed by atoms with Gasteiger partial charge in [-0.3, -0.25) is 4.79 Å². The minimum absolute atomic E-state index is 0.0623. The number of likely N-dealkylation sites (N-methyl/N-ethyl adjacent to an activating group) is 1. The zero-order valence-corrected chi connectivity index (χ0v) is 17.1. The first kappa shape index (κ1) is 21.0. The molecule has 2 N–H and O–H groups in total. The highest BCUT2D eigenvalue weighted by Crippen LogP contribution is 2.30. The maximum absolute atomic E-state index is 12.2. The van der Waals surface area contributed by atoms with Crippen LogP contribution < -0.4 is 5.32 Å². The molecule has 1 aromatic carbocycles. The van der Waals surface area contributed by atoms with Crippen molar-refractivity contribution in [1.29, 1.82) is 0 Å². The quantitative estimate of drug-likeness (QED) is 0.631. The first-order valence-electron chi connectivity index (χ1n) is 9.64. The number of tetrazole rings is 1. The highest BCUT2D eigenvalue weighted by molar-refractivity contribution is 5.79. The molecule has 0 aliphatic carbocycles. The third kappa shape index (κ3) is 6.43. The zero-order chi connectivity index (χ0) is 19.8. The number of hydrogen-bond acceptors (Lipinski definition) is 6. The van der Waals surface area contributed by atoms with Gasteiger partial charge in [-0.1, -0.05) is 30.7 Å². The number of aromatic nitrogens is 4. The molecule has 0 bridgehead atoms. The van der Waals surface area contributed by atoms with Crippen LogP contribution in [0.5, 0.6) is 0 Å². The summed E-state index contributed by atoms with van der Waals surface area (Å²) < 4.78 is 0. The van der Waals surface area contributed by atoms with Gasteiger partial charge in [0.1, 0.15) is 5.78 Å². The van der Waals surface area contributed by atoms with Crippen molar-refractivity contribution in [3.63, 3.8) is 0 Å². The van der Waals surface area contributed by atoms with Crippen LogP contribution in [0.1, 0.15) is 50.9 Å². The Bertz CT molecular complexity index is 683. The highest BCUT2D eigenvalue weighted by atomic mass is 16.1. The van der Waals surface area contributed by atoms with E-state index < -0.39 is 0 Å². The molecule has 0 aliphatic rings. The molecule has 27 heavy (non-hydrogen) atoms. The number of hydrogen-bond donors (Lipinski definition) is 2. The molecular weight excluding hydrogens is 340 g/mol. The maximum atomic E-state index is 12.2. The Morgan fingerprint density at radius 2 is 1.96 bits per heavy atom. The van der Waals surface area contributed by atoms with Crippen molar-refractivity contribution < 1.29 is 4.79 Å². The molecule has 1 heterocycles. The fourth-order valence-electron chi connectivity index (χ4n) is 3.61. The van der Waals surface area contributed by atoms with E-state index in [9.17, 15) is 4.79 Å². The Labute approximate surface area is 161 Å². The summed E-state index contributed by atoms with van der Waals surface area (Å²) in [5.41, 5.74) is 2.26. The molecule has 0 fully saturated rings. The summed E-state index contributed by atoms with van der Waals surface area (Å²) in [4.78, 5) is 14.4. The molecule has 1 unspecified atom stereocenters. The number of carbonyl (C=O) groups is 1. The van der Waals surface area contributed by atoms with Gasteiger partial charge in [-0.2, -0.15) is 5.21 Å². The summed E-state index contributed by atoms with van der Waals surface area (Å²) in [5.74, 6) is 0.645. The SMILES string of the molecule is CCC[C@H](C(C)=O)[C@H](Cc1ccc(NC(C)CN(C)C)cc1)c1nn[nH]n1. The van der Waals surface area contributed by atoms with Crippen LogP contribution in [0.4, 0.5) is 5.69 Å². The molecular formula is C20H32N6O. The fraction of sp³-hybridized carbons (Fsp3) is 0.600. The normalized spacial score (nSPS) is 14.7. The Morgan fingerprint density at radius 1 is 1.26 bits per heavy atom. The lowest BCUT2D eigenvalue weighted by Gasteiger charge is -2.23. The molecule has 3 atom stereocenters. The molecule has 0 radical (unpaired) electrons. The summed E-state index contributed by atoms with van der Waals surface area (Å²) >= 11 is 0. The van der Waals surface area contributed by atoms with E-state index in [1.165, 1.54) is 0 Å². The molecule has 0 amide bonds. The van der Waals surface area contributed by atoms with E-state index in [0.717, 1.165) is 37.1 Å². The summed E-state index contributed by atoms with van der Waals surface area (Å²) in [6, 6.07) is 8.78. The van der Waals surface area contributed by atoms with E-state index in [-0.39, 0.29) is 17.6 Å². The van der Waals surface area contributed by atoms with E-state index in [4.69, 9.17) is 0 Å². The number of rotatable bonds is 11. The maximum Gasteiger partial charge on any atom is 0.178 e. The minimum atomic E-state index is -0.0921. The molecule has 0 spiro atoms. The van der Waals surface area contributed by atoms with Gasteiger partial charge in [0, 0.05) is 30.1 Å². The topological polar surface area (TPSA) is 86.8 Å². The van der Waals surface area contributed by atoms with Crippen LogP contribution in [-0.2, 0) is 11.2 Å². The third-order valence-corrected chi connectivity index (χ3v) is 4.76. The summed E-state index contributed by atoms with van der Waals surface area (Å²) in [6.07, 6.45) is 2.50. The third-order valence-electron chi connectivity index (χ3n) is 4.76. The molecule has 2 aromatic rings. The van der Waals surface area contributed by atoms with Crippen LogP contribution in [-0.4, -0.2) is 58.0 Å². The molecule has 0 aliphatic heterocycles. The van der Waals surface area contributed by atoms with Gasteiger partial charge >= 0.3 is 0 Å². The van der Waals surface area contributed by atoms with Gasteiger partial charge in [0.15, 0.2) is 5.82 Å². The monoisotopic (exact) mass is 372 g/mol. The Balaban J connectivity index is 2.12. The van der Waals surface area contributed by atoms with Crippen molar-refractivity contribution in [2.45, 2.75) is 52.0 Å². The number of Topliss-reactive ketones (excluding diaryl/α,β-unsaturated/α-hetero) is 1. The average Bonchev–Trinajstić information content (AvgIpc) is 3.13. The fourth-order valence-corrected chi connectivity index (χ4v) is 3.61. The number of nitrogens with one attached hydrogen (secondary N) is 2. The number of benzene rings is 1. The number of nitrogens with zero attached hydrogens (tertiary/aromatic N) is 4. The van der Waals surface area contributed by atoms with E-state index in [1.54, 1.807) is 6.92 Å². The largest absolute Gasteiger partial charge is 0.381 e. The number of carbonyl (C=O) groups excluding carboxylic acids is 1. The Kier molecular flexibility index (Phi) is 7.91. The van der Waals surface area contributed by atoms with Crippen molar-refractivity contribution in [2.24, 2.45) is 5.92 Å². The van der Waals surface area contributed by atoms with E-state index in [2.05, 4.69) is 83.0 Å². The van der Waals surface area contributed by atoms with Gasteiger partial charge in [0.05, 0.1) is 0 Å². The highest BCUT2D eigenvalue weighted by Gasteiger charge is 2.29. The number of H-pyrrole nitrogens is 1. The van der Waals surface area contributed by atoms with Gasteiger partial charge in [0.25, 0.3) is 0 Å². The van der Waals surface area contributed by atoms with E-state index >= 15 is 0 Å². The number of aromatic amines is 1. The van der Waals surface area contributed by atoms with Gasteiger partial charge in [-0.05, 0) is 58.5 Å². The molecule has 148 valence electrons. The van der Waals surface area contributed by atoms with Crippen LogP contribution in [0.15, 0.2) is 24.3 Å². The summed E-state index contributed by atoms with van der Waals surface area (Å²) in [5, 5.41) is 18.1. The van der Waals surface area contributed by atoms with Crippen molar-refractivity contribution in [3.05, 3.63) is 35.7 Å². The standard InChI is InChI=1S/C20H32N6O/c1-6-7-18(15(3)27)19(20-22-24-25-23-20)12-16-8-10-17(11-9-16)21-14(2)13-26(4)5/h8-11,14,18-19,21H,6-7,12-13H2,1-5H3,(H,22,23,24,25)/t14?,18-,19+/m1/s1. The lowest BCUT2D eigenvalue weighted by molar-refractivity contribution is -0.121. The number of ketones is 1. The van der Waals surface area contributed by atoms with E-state index in [1.807, 2.05) is 0 Å². The van der Waals surface area contributed by atoms with Gasteiger partial charge in [-0.25, -0.2) is 0 Å². The molecule has 0 saturated carbocycles. The smallest absolute Gasteiger partial charge is 0.178 e. The molecule has 7 heteroatoms. The second kappa shape index (κ2) is 10.2. The Morgan fingerprint density at radius 3 is 2.48 bits per heavy atom. The molecule has 7 nitrogen and oxygen atoms in total. The molecule has 0 saturated heterocycles. The Hall–Kier alpha value is -2.28. The van der Waals surface area contributed by atoms with Crippen molar-refractivity contribution in [2.75, 3.05) is 26.0 Å². The van der Waals surface area contributed by atoms with E-state index in [0.29, 0.717) is 11.9 Å². The summed E-state index contributed by atoms with van der Waals surface area (Å²) in [7, 11) is 4.14. The number of anilines is 1. The second-order valence-electron chi connectivity index (χ2n) is 7.59. The van der Waals surface area contributed by atoms with Gasteiger partial charge in [-0.15, -0.1) is 10.2 Å². The summed E-state index contributed by atoms with van der Waals surface area (Å²) in [6.45, 7) is 6.90. The van der Waals surface area contributed by atoms with Gasteiger partial charge < -0.3 is 10.2 Å². The zero-order valence-electron chi connectivity index (χ0n) is 17.1.